The zero-order chi connectivity index (χ0) is 14.4. The lowest BCUT2D eigenvalue weighted by atomic mass is 9.79. The molecule has 3 heteroatoms. The number of carbonyl (C=O) groups excluding carboxylic acids is 1. The molecule has 1 amide bonds. The standard InChI is InChI=1S/C17H25NO2/c1-13(14-6-4-3-5-7-14)12-17(19)18-15-8-10-16(20-2)11-9-15/h8-11,13-14H,3-7,12H2,1-2H3,(H,18,19). The van der Waals surface area contributed by atoms with Gasteiger partial charge in [-0.05, 0) is 36.1 Å². The molecular formula is C17H25NO2. The zero-order valence-corrected chi connectivity index (χ0v) is 12.5. The minimum absolute atomic E-state index is 0.119. The topological polar surface area (TPSA) is 38.3 Å². The maximum absolute atomic E-state index is 12.1. The zero-order valence-electron chi connectivity index (χ0n) is 12.5. The van der Waals surface area contributed by atoms with Crippen LogP contribution in [0.4, 0.5) is 5.69 Å². The Bertz CT molecular complexity index is 421. The number of methoxy groups -OCH3 is 1. The van der Waals surface area contributed by atoms with E-state index >= 15 is 0 Å². The molecule has 0 aromatic heterocycles. The Labute approximate surface area is 121 Å². The summed E-state index contributed by atoms with van der Waals surface area (Å²) in [5.41, 5.74) is 0.839. The molecule has 20 heavy (non-hydrogen) atoms. The predicted octanol–water partition coefficient (Wildman–Crippen LogP) is 4.24. The SMILES string of the molecule is COc1ccc(NC(=O)CC(C)C2CCCCC2)cc1. The number of hydrogen-bond donors (Lipinski definition) is 1. The molecule has 0 radical (unpaired) electrons. The molecular weight excluding hydrogens is 250 g/mol. The van der Waals surface area contributed by atoms with Gasteiger partial charge in [0.2, 0.25) is 5.91 Å². The first-order valence-electron chi connectivity index (χ1n) is 7.63. The fourth-order valence-corrected chi connectivity index (χ4v) is 3.05. The average Bonchev–Trinajstić information content (AvgIpc) is 2.49. The molecule has 3 nitrogen and oxygen atoms in total. The Hall–Kier alpha value is -1.51. The highest BCUT2D eigenvalue weighted by molar-refractivity contribution is 5.90. The highest BCUT2D eigenvalue weighted by atomic mass is 16.5. The minimum Gasteiger partial charge on any atom is -0.497 e. The normalized spacial score (nSPS) is 17.5. The van der Waals surface area contributed by atoms with Gasteiger partial charge < -0.3 is 10.1 Å². The van der Waals surface area contributed by atoms with E-state index in [1.807, 2.05) is 24.3 Å². The summed E-state index contributed by atoms with van der Waals surface area (Å²) in [5.74, 6) is 2.13. The van der Waals surface area contributed by atoms with Gasteiger partial charge >= 0.3 is 0 Å². The van der Waals surface area contributed by atoms with Gasteiger partial charge in [0, 0.05) is 12.1 Å². The number of anilines is 1. The maximum Gasteiger partial charge on any atom is 0.224 e. The van der Waals surface area contributed by atoms with E-state index < -0.39 is 0 Å². The second kappa shape index (κ2) is 7.32. The summed E-state index contributed by atoms with van der Waals surface area (Å²) in [7, 11) is 1.64. The van der Waals surface area contributed by atoms with E-state index in [1.165, 1.54) is 32.1 Å². The molecule has 1 fully saturated rings. The lowest BCUT2D eigenvalue weighted by molar-refractivity contribution is -0.117. The van der Waals surface area contributed by atoms with Crippen LogP contribution < -0.4 is 10.1 Å². The molecule has 2 rings (SSSR count). The van der Waals surface area contributed by atoms with Gasteiger partial charge in [0.25, 0.3) is 0 Å². The summed E-state index contributed by atoms with van der Waals surface area (Å²) in [6.07, 6.45) is 7.22. The molecule has 1 aromatic rings. The Morgan fingerprint density at radius 1 is 1.25 bits per heavy atom. The molecule has 110 valence electrons. The fourth-order valence-electron chi connectivity index (χ4n) is 3.05. The fraction of sp³-hybridized carbons (Fsp3) is 0.588. The van der Waals surface area contributed by atoms with Crippen molar-refractivity contribution in [1.82, 2.24) is 0 Å². The molecule has 1 N–H and O–H groups in total. The highest BCUT2D eigenvalue weighted by Crippen LogP contribution is 2.31. The molecule has 1 aliphatic rings. The Kier molecular flexibility index (Phi) is 5.45. The van der Waals surface area contributed by atoms with Crippen LogP contribution in [0.2, 0.25) is 0 Å². The third-order valence-corrected chi connectivity index (χ3v) is 4.34. The van der Waals surface area contributed by atoms with Gasteiger partial charge in [-0.25, -0.2) is 0 Å². The number of ether oxygens (including phenoxy) is 1. The van der Waals surface area contributed by atoms with Crippen LogP contribution in [-0.4, -0.2) is 13.0 Å². The number of hydrogen-bond acceptors (Lipinski definition) is 2. The van der Waals surface area contributed by atoms with Crippen molar-refractivity contribution in [3.05, 3.63) is 24.3 Å². The first kappa shape index (κ1) is 14.9. The second-order valence-corrected chi connectivity index (χ2v) is 5.86. The predicted molar refractivity (Wildman–Crippen MR) is 82.0 cm³/mol. The average molecular weight is 275 g/mol. The van der Waals surface area contributed by atoms with Crippen LogP contribution in [0, 0.1) is 11.8 Å². The Morgan fingerprint density at radius 2 is 1.90 bits per heavy atom. The van der Waals surface area contributed by atoms with Crippen LogP contribution in [0.25, 0.3) is 0 Å². The minimum atomic E-state index is 0.119. The van der Waals surface area contributed by atoms with E-state index in [-0.39, 0.29) is 5.91 Å². The lowest BCUT2D eigenvalue weighted by Gasteiger charge is -2.27. The summed E-state index contributed by atoms with van der Waals surface area (Å²) in [5, 5.41) is 2.97. The van der Waals surface area contributed by atoms with Crippen LogP contribution in [0.5, 0.6) is 5.75 Å². The van der Waals surface area contributed by atoms with E-state index in [4.69, 9.17) is 4.74 Å². The smallest absolute Gasteiger partial charge is 0.224 e. The lowest BCUT2D eigenvalue weighted by Crippen LogP contribution is -2.22. The van der Waals surface area contributed by atoms with E-state index in [9.17, 15) is 4.79 Å². The van der Waals surface area contributed by atoms with Crippen molar-refractivity contribution < 1.29 is 9.53 Å². The molecule has 0 saturated heterocycles. The van der Waals surface area contributed by atoms with Crippen molar-refractivity contribution in [2.45, 2.75) is 45.4 Å². The van der Waals surface area contributed by atoms with Crippen molar-refractivity contribution in [1.29, 1.82) is 0 Å². The number of rotatable bonds is 5. The van der Waals surface area contributed by atoms with Gasteiger partial charge in [0.15, 0.2) is 0 Å². The highest BCUT2D eigenvalue weighted by Gasteiger charge is 2.22. The van der Waals surface area contributed by atoms with E-state index in [1.54, 1.807) is 7.11 Å². The monoisotopic (exact) mass is 275 g/mol. The van der Waals surface area contributed by atoms with Crippen molar-refractivity contribution in [2.24, 2.45) is 11.8 Å². The third kappa shape index (κ3) is 4.26. The number of carbonyl (C=O) groups is 1. The molecule has 1 saturated carbocycles. The molecule has 0 heterocycles. The largest absolute Gasteiger partial charge is 0.497 e. The molecule has 1 unspecified atom stereocenters. The first-order chi connectivity index (χ1) is 9.69. The van der Waals surface area contributed by atoms with Crippen molar-refractivity contribution in [2.75, 3.05) is 12.4 Å². The second-order valence-electron chi connectivity index (χ2n) is 5.86. The molecule has 1 aliphatic carbocycles. The first-order valence-corrected chi connectivity index (χ1v) is 7.63. The number of benzene rings is 1. The van der Waals surface area contributed by atoms with Crippen molar-refractivity contribution >= 4 is 11.6 Å². The quantitative estimate of drug-likeness (QED) is 0.872. The van der Waals surface area contributed by atoms with Gasteiger partial charge in [-0.15, -0.1) is 0 Å². The van der Waals surface area contributed by atoms with Crippen LogP contribution >= 0.6 is 0 Å². The molecule has 0 bridgehead atoms. The summed E-state index contributed by atoms with van der Waals surface area (Å²) in [4.78, 5) is 12.1. The number of nitrogens with one attached hydrogen (secondary N) is 1. The van der Waals surface area contributed by atoms with Crippen molar-refractivity contribution in [3.63, 3.8) is 0 Å². The van der Waals surface area contributed by atoms with Gasteiger partial charge in [-0.3, -0.25) is 4.79 Å². The van der Waals surface area contributed by atoms with Crippen LogP contribution in [0.1, 0.15) is 45.4 Å². The summed E-state index contributed by atoms with van der Waals surface area (Å²) < 4.78 is 5.11. The van der Waals surface area contributed by atoms with Crippen LogP contribution in [0.3, 0.4) is 0 Å². The molecule has 0 spiro atoms. The molecule has 1 atom stereocenters. The van der Waals surface area contributed by atoms with Crippen LogP contribution in [0.15, 0.2) is 24.3 Å². The van der Waals surface area contributed by atoms with Crippen LogP contribution in [-0.2, 0) is 4.79 Å². The summed E-state index contributed by atoms with van der Waals surface area (Å²) in [6, 6.07) is 7.48. The maximum atomic E-state index is 12.1. The third-order valence-electron chi connectivity index (χ3n) is 4.34. The Morgan fingerprint density at radius 3 is 2.50 bits per heavy atom. The van der Waals surface area contributed by atoms with E-state index in [0.717, 1.165) is 17.4 Å². The van der Waals surface area contributed by atoms with Gasteiger partial charge in [-0.2, -0.15) is 0 Å². The van der Waals surface area contributed by atoms with Gasteiger partial charge in [0.1, 0.15) is 5.75 Å². The number of amides is 1. The van der Waals surface area contributed by atoms with Gasteiger partial charge in [-0.1, -0.05) is 39.0 Å². The summed E-state index contributed by atoms with van der Waals surface area (Å²) in [6.45, 7) is 2.21. The van der Waals surface area contributed by atoms with E-state index in [2.05, 4.69) is 12.2 Å². The molecule has 0 aliphatic heterocycles. The Balaban J connectivity index is 1.81. The van der Waals surface area contributed by atoms with Crippen molar-refractivity contribution in [3.8, 4) is 5.75 Å². The van der Waals surface area contributed by atoms with E-state index in [0.29, 0.717) is 12.3 Å². The summed E-state index contributed by atoms with van der Waals surface area (Å²) >= 11 is 0. The molecule has 1 aromatic carbocycles. The van der Waals surface area contributed by atoms with Gasteiger partial charge in [0.05, 0.1) is 7.11 Å².